The normalized spacial score (nSPS) is 19.9. The Bertz CT molecular complexity index is 1540. The molecule has 1 saturated heterocycles. The van der Waals surface area contributed by atoms with Crippen LogP contribution in [-0.4, -0.2) is 30.9 Å². The molecule has 1 heterocycles. The van der Waals surface area contributed by atoms with Gasteiger partial charge in [-0.3, -0.25) is 9.59 Å². The van der Waals surface area contributed by atoms with Crippen LogP contribution in [0.4, 0.5) is 0 Å². The molecule has 1 saturated carbocycles. The van der Waals surface area contributed by atoms with Gasteiger partial charge in [0.05, 0.1) is 17.4 Å². The van der Waals surface area contributed by atoms with Gasteiger partial charge in [0.25, 0.3) is 0 Å². The summed E-state index contributed by atoms with van der Waals surface area (Å²) in [6, 6.07) is 29.1. The number of hydrogen-bond donors (Lipinski definition) is 0. The van der Waals surface area contributed by atoms with Gasteiger partial charge in [-0.15, -0.1) is 0 Å². The average Bonchev–Trinajstić information content (AvgIpc) is 3.17. The summed E-state index contributed by atoms with van der Waals surface area (Å²) in [4.78, 5) is 28.8. The van der Waals surface area contributed by atoms with Gasteiger partial charge >= 0.3 is 11.9 Å². The monoisotopic (exact) mass is 710 g/mol. The van der Waals surface area contributed by atoms with Gasteiger partial charge in [-0.1, -0.05) is 112 Å². The molecule has 2 aliphatic rings. The van der Waals surface area contributed by atoms with Crippen molar-refractivity contribution in [3.8, 4) is 0 Å². The lowest BCUT2D eigenvalue weighted by atomic mass is 9.58. The molecule has 1 aliphatic heterocycles. The fourth-order valence-electron chi connectivity index (χ4n) is 8.48. The molecule has 6 nitrogen and oxygen atoms in total. The SMILES string of the molecule is CCC(C)CC(CC(C)(CC(C)(C)C(=O)OCc1ccccc1)C(=O)OC1CCCCC1)(c1ccccc1)c1cccc(COC2CCCCO2)c1. The van der Waals surface area contributed by atoms with Crippen molar-refractivity contribution in [1.29, 1.82) is 0 Å². The van der Waals surface area contributed by atoms with Gasteiger partial charge in [-0.25, -0.2) is 0 Å². The molecule has 3 aromatic carbocycles. The van der Waals surface area contributed by atoms with E-state index in [0.29, 0.717) is 18.9 Å². The third kappa shape index (κ3) is 10.6. The minimum absolute atomic E-state index is 0.100. The second-order valence-corrected chi connectivity index (χ2v) is 16.5. The Morgan fingerprint density at radius 2 is 1.40 bits per heavy atom. The topological polar surface area (TPSA) is 71.1 Å². The van der Waals surface area contributed by atoms with Gasteiger partial charge in [-0.05, 0) is 113 Å². The standard InChI is InChI=1S/C46H62O6/c1-6-35(2)30-46(38-22-12-8-13-23-38,39-24-18-21-37(29-39)32-50-41-27-16-17-28-49-41)34-45(5,43(48)52-40-25-14-9-15-26-40)33-44(3,4)42(47)51-31-36-19-10-7-11-20-36/h7-8,10-13,18-24,29,35,40-41H,6,9,14-17,25-28,30-34H2,1-5H3. The molecule has 5 rings (SSSR count). The lowest BCUT2D eigenvalue weighted by Crippen LogP contribution is -2.46. The number of hydrogen-bond acceptors (Lipinski definition) is 6. The maximum Gasteiger partial charge on any atom is 0.312 e. The van der Waals surface area contributed by atoms with Crippen LogP contribution in [0.15, 0.2) is 84.9 Å². The molecule has 0 bridgehead atoms. The van der Waals surface area contributed by atoms with Crippen molar-refractivity contribution in [2.45, 2.75) is 143 Å². The molecule has 1 aliphatic carbocycles. The van der Waals surface area contributed by atoms with Crippen LogP contribution in [-0.2, 0) is 47.2 Å². The number of carbonyl (C=O) groups is 2. The molecule has 2 fully saturated rings. The minimum atomic E-state index is -1.02. The summed E-state index contributed by atoms with van der Waals surface area (Å²) in [6.45, 7) is 11.8. The highest BCUT2D eigenvalue weighted by molar-refractivity contribution is 5.81. The van der Waals surface area contributed by atoms with E-state index >= 15 is 0 Å². The van der Waals surface area contributed by atoms with E-state index in [1.807, 2.05) is 57.2 Å². The smallest absolute Gasteiger partial charge is 0.312 e. The van der Waals surface area contributed by atoms with Gasteiger partial charge in [-0.2, -0.15) is 0 Å². The maximum absolute atomic E-state index is 14.8. The predicted molar refractivity (Wildman–Crippen MR) is 206 cm³/mol. The zero-order valence-corrected chi connectivity index (χ0v) is 32.4. The molecular formula is C46H62O6. The highest BCUT2D eigenvalue weighted by Crippen LogP contribution is 2.51. The van der Waals surface area contributed by atoms with Crippen LogP contribution in [0.3, 0.4) is 0 Å². The van der Waals surface area contributed by atoms with Crippen molar-refractivity contribution in [3.05, 3.63) is 107 Å². The van der Waals surface area contributed by atoms with E-state index in [1.54, 1.807) is 0 Å². The third-order valence-corrected chi connectivity index (χ3v) is 11.4. The summed E-state index contributed by atoms with van der Waals surface area (Å²) >= 11 is 0. The number of rotatable bonds is 17. The first-order chi connectivity index (χ1) is 25.0. The minimum Gasteiger partial charge on any atom is -0.462 e. The van der Waals surface area contributed by atoms with Crippen molar-refractivity contribution < 1.29 is 28.5 Å². The zero-order chi connectivity index (χ0) is 37.0. The molecule has 0 radical (unpaired) electrons. The van der Waals surface area contributed by atoms with Crippen LogP contribution < -0.4 is 0 Å². The Balaban J connectivity index is 1.54. The lowest BCUT2D eigenvalue weighted by molar-refractivity contribution is -0.170. The summed E-state index contributed by atoms with van der Waals surface area (Å²) in [7, 11) is 0. The quantitative estimate of drug-likeness (QED) is 0.130. The predicted octanol–water partition coefficient (Wildman–Crippen LogP) is 10.9. The molecule has 4 atom stereocenters. The Labute approximate surface area is 313 Å². The Kier molecular flexibility index (Phi) is 14.1. The fourth-order valence-corrected chi connectivity index (χ4v) is 8.48. The molecule has 0 aromatic heterocycles. The zero-order valence-electron chi connectivity index (χ0n) is 32.4. The Morgan fingerprint density at radius 1 is 0.750 bits per heavy atom. The van der Waals surface area contributed by atoms with E-state index in [2.05, 4.69) is 62.4 Å². The van der Waals surface area contributed by atoms with Crippen molar-refractivity contribution in [1.82, 2.24) is 0 Å². The summed E-state index contributed by atoms with van der Waals surface area (Å²) in [5.74, 6) is -0.177. The lowest BCUT2D eigenvalue weighted by Gasteiger charge is -2.45. The average molecular weight is 711 g/mol. The summed E-state index contributed by atoms with van der Waals surface area (Å²) in [5, 5.41) is 0. The Hall–Kier alpha value is -3.48. The van der Waals surface area contributed by atoms with Crippen molar-refractivity contribution in [2.75, 3.05) is 6.61 Å². The second kappa shape index (κ2) is 18.5. The molecule has 0 N–H and O–H groups in total. The first-order valence-corrected chi connectivity index (χ1v) is 19.8. The number of esters is 2. The highest BCUT2D eigenvalue weighted by atomic mass is 16.7. The molecule has 0 spiro atoms. The maximum atomic E-state index is 14.8. The number of benzene rings is 3. The number of carbonyl (C=O) groups excluding carboxylic acids is 2. The van der Waals surface area contributed by atoms with E-state index in [9.17, 15) is 9.59 Å². The van der Waals surface area contributed by atoms with Gasteiger partial charge in [0.1, 0.15) is 12.7 Å². The van der Waals surface area contributed by atoms with Crippen molar-refractivity contribution in [3.63, 3.8) is 0 Å². The van der Waals surface area contributed by atoms with Gasteiger partial charge in [0.2, 0.25) is 0 Å². The number of ether oxygens (including phenoxy) is 4. The van der Waals surface area contributed by atoms with Gasteiger partial charge < -0.3 is 18.9 Å². The van der Waals surface area contributed by atoms with Crippen LogP contribution in [0.1, 0.15) is 134 Å². The van der Waals surface area contributed by atoms with Crippen LogP contribution in [0, 0.1) is 16.7 Å². The summed E-state index contributed by atoms with van der Waals surface area (Å²) in [6.07, 6.45) is 10.5. The van der Waals surface area contributed by atoms with Crippen LogP contribution in [0.25, 0.3) is 0 Å². The first kappa shape index (κ1) is 39.7. The van der Waals surface area contributed by atoms with E-state index in [1.165, 1.54) is 6.42 Å². The van der Waals surface area contributed by atoms with Crippen molar-refractivity contribution in [2.24, 2.45) is 16.7 Å². The molecule has 0 amide bonds. The van der Waals surface area contributed by atoms with Crippen LogP contribution >= 0.6 is 0 Å². The van der Waals surface area contributed by atoms with Gasteiger partial charge in [0.15, 0.2) is 6.29 Å². The summed E-state index contributed by atoms with van der Waals surface area (Å²) in [5.41, 5.74) is 1.78. The molecule has 3 aromatic rings. The molecular weight excluding hydrogens is 649 g/mol. The van der Waals surface area contributed by atoms with E-state index in [0.717, 1.165) is 86.6 Å². The fraction of sp³-hybridized carbons (Fsp3) is 0.565. The van der Waals surface area contributed by atoms with E-state index in [4.69, 9.17) is 18.9 Å². The molecule has 52 heavy (non-hydrogen) atoms. The van der Waals surface area contributed by atoms with Crippen LogP contribution in [0.2, 0.25) is 0 Å². The molecule has 282 valence electrons. The highest BCUT2D eigenvalue weighted by Gasteiger charge is 2.51. The van der Waals surface area contributed by atoms with E-state index < -0.39 is 16.2 Å². The van der Waals surface area contributed by atoms with Crippen LogP contribution in [0.5, 0.6) is 0 Å². The molecule has 6 heteroatoms. The second-order valence-electron chi connectivity index (χ2n) is 16.5. The third-order valence-electron chi connectivity index (χ3n) is 11.4. The van der Waals surface area contributed by atoms with E-state index in [-0.39, 0.29) is 37.4 Å². The first-order valence-electron chi connectivity index (χ1n) is 19.8. The largest absolute Gasteiger partial charge is 0.462 e. The Morgan fingerprint density at radius 3 is 2.08 bits per heavy atom. The summed E-state index contributed by atoms with van der Waals surface area (Å²) < 4.78 is 24.5. The molecule has 4 unspecified atom stereocenters. The van der Waals surface area contributed by atoms with Crippen molar-refractivity contribution >= 4 is 11.9 Å². The van der Waals surface area contributed by atoms with Gasteiger partial charge in [0, 0.05) is 12.0 Å².